The molecule has 0 rings (SSSR count). The number of hydrogen-bond acceptors (Lipinski definition) is 2. The van der Waals surface area contributed by atoms with Crippen LogP contribution >= 0.6 is 0 Å². The van der Waals surface area contributed by atoms with Gasteiger partial charge in [-0.3, -0.25) is 0 Å². The molecule has 61 valence electrons. The van der Waals surface area contributed by atoms with E-state index in [9.17, 15) is 0 Å². The Morgan fingerprint density at radius 3 is 2.36 bits per heavy atom. The van der Waals surface area contributed by atoms with E-state index in [0.29, 0.717) is 6.61 Å². The van der Waals surface area contributed by atoms with Crippen molar-refractivity contribution in [3.05, 3.63) is 0 Å². The second-order valence-electron chi connectivity index (χ2n) is 2.46. The van der Waals surface area contributed by atoms with Crippen LogP contribution < -0.4 is 0 Å². The van der Waals surface area contributed by atoms with Gasteiger partial charge in [0, 0.05) is 32.7 Å². The van der Waals surface area contributed by atoms with E-state index in [1.54, 1.807) is 6.92 Å². The van der Waals surface area contributed by atoms with Crippen LogP contribution in [0.15, 0.2) is 0 Å². The number of aliphatic hydroxyl groups is 1. The zero-order valence-corrected chi connectivity index (χ0v) is 10.2. The van der Waals surface area contributed by atoms with Crippen molar-refractivity contribution in [2.45, 2.75) is 26.4 Å². The first-order valence-electron chi connectivity index (χ1n) is 3.31. The first kappa shape index (κ1) is 14.1. The summed E-state index contributed by atoms with van der Waals surface area (Å²) in [6.45, 7) is 5.92. The van der Waals surface area contributed by atoms with Crippen LogP contribution in [-0.2, 0) is 37.4 Å². The summed E-state index contributed by atoms with van der Waals surface area (Å²) in [5.74, 6) is 5.63. The predicted octanol–water partition coefficient (Wildman–Crippen LogP) is 0.795. The smallest absolute Gasteiger partial charge is 0.123 e. The standard InChI is InChI=1S/C8H14O2.Y/c1-4-5-8(2,3)10-7-6-9;/h9H,6-7H2,1-3H3;. The van der Waals surface area contributed by atoms with Gasteiger partial charge in [-0.2, -0.15) is 0 Å². The molecule has 0 amide bonds. The largest absolute Gasteiger partial charge is 0.394 e. The van der Waals surface area contributed by atoms with Crippen LogP contribution in [0.1, 0.15) is 20.8 Å². The molecule has 3 heteroatoms. The van der Waals surface area contributed by atoms with Crippen LogP contribution in [0.2, 0.25) is 0 Å². The first-order chi connectivity index (χ1) is 4.62. The minimum Gasteiger partial charge on any atom is -0.394 e. The van der Waals surface area contributed by atoms with Gasteiger partial charge in [-0.1, -0.05) is 5.92 Å². The summed E-state index contributed by atoms with van der Waals surface area (Å²) in [7, 11) is 0. The van der Waals surface area contributed by atoms with Gasteiger partial charge >= 0.3 is 0 Å². The molecule has 0 heterocycles. The molecule has 11 heavy (non-hydrogen) atoms. The van der Waals surface area contributed by atoms with Gasteiger partial charge in [0.25, 0.3) is 0 Å². The number of ether oxygens (including phenoxy) is 1. The molecule has 0 aliphatic carbocycles. The quantitative estimate of drug-likeness (QED) is 0.728. The van der Waals surface area contributed by atoms with Crippen LogP contribution in [0.5, 0.6) is 0 Å². The van der Waals surface area contributed by atoms with Crippen LogP contribution in [0.3, 0.4) is 0 Å². The van der Waals surface area contributed by atoms with Gasteiger partial charge in [0.05, 0.1) is 13.2 Å². The summed E-state index contributed by atoms with van der Waals surface area (Å²) in [5, 5.41) is 8.42. The van der Waals surface area contributed by atoms with Crippen molar-refractivity contribution >= 4 is 0 Å². The zero-order chi connectivity index (χ0) is 8.04. The van der Waals surface area contributed by atoms with Crippen molar-refractivity contribution in [2.75, 3.05) is 13.2 Å². The SMILES string of the molecule is CC#CC(C)(C)OCCO.[Y]. The molecule has 0 aromatic heterocycles. The second kappa shape index (κ2) is 7.24. The van der Waals surface area contributed by atoms with Crippen LogP contribution in [0.25, 0.3) is 0 Å². The molecule has 1 radical (unpaired) electrons. The maximum absolute atomic E-state index is 8.42. The van der Waals surface area contributed by atoms with Crippen molar-refractivity contribution in [1.29, 1.82) is 0 Å². The normalized spacial score (nSPS) is 9.45. The van der Waals surface area contributed by atoms with E-state index in [2.05, 4.69) is 11.8 Å². The van der Waals surface area contributed by atoms with Gasteiger partial charge < -0.3 is 9.84 Å². The van der Waals surface area contributed by atoms with Gasteiger partial charge in [-0.25, -0.2) is 0 Å². The number of hydrogen-bond donors (Lipinski definition) is 1. The van der Waals surface area contributed by atoms with Crippen molar-refractivity contribution in [3.8, 4) is 11.8 Å². The van der Waals surface area contributed by atoms with Crippen LogP contribution in [0.4, 0.5) is 0 Å². The Morgan fingerprint density at radius 1 is 1.45 bits per heavy atom. The van der Waals surface area contributed by atoms with Crippen LogP contribution in [-0.4, -0.2) is 23.9 Å². The summed E-state index contributed by atoms with van der Waals surface area (Å²) in [6.07, 6.45) is 0. The minimum atomic E-state index is -0.419. The minimum absolute atomic E-state index is 0. The fourth-order valence-electron chi connectivity index (χ4n) is 0.638. The van der Waals surface area contributed by atoms with E-state index < -0.39 is 5.60 Å². The molecule has 0 unspecified atom stereocenters. The van der Waals surface area contributed by atoms with Gasteiger partial charge in [0.1, 0.15) is 5.60 Å². The van der Waals surface area contributed by atoms with E-state index in [0.717, 1.165) is 0 Å². The van der Waals surface area contributed by atoms with Gasteiger partial charge in [-0.15, -0.1) is 5.92 Å². The van der Waals surface area contributed by atoms with E-state index in [1.807, 2.05) is 13.8 Å². The summed E-state index contributed by atoms with van der Waals surface area (Å²) < 4.78 is 5.20. The fraction of sp³-hybridized carbons (Fsp3) is 0.750. The fourth-order valence-corrected chi connectivity index (χ4v) is 0.638. The average Bonchev–Trinajstić information content (AvgIpc) is 1.84. The zero-order valence-electron chi connectivity index (χ0n) is 7.35. The Labute approximate surface area is 93.6 Å². The Balaban J connectivity index is 0. The van der Waals surface area contributed by atoms with Gasteiger partial charge in [0.2, 0.25) is 0 Å². The molecule has 0 saturated carbocycles. The summed E-state index contributed by atoms with van der Waals surface area (Å²) in [6, 6.07) is 0. The molecule has 0 saturated heterocycles. The molecule has 0 atom stereocenters. The Hall–Kier alpha value is 0.584. The third-order valence-electron chi connectivity index (χ3n) is 0.980. The van der Waals surface area contributed by atoms with E-state index in [-0.39, 0.29) is 39.3 Å². The van der Waals surface area contributed by atoms with E-state index in [1.165, 1.54) is 0 Å². The van der Waals surface area contributed by atoms with Crippen molar-refractivity contribution in [2.24, 2.45) is 0 Å². The molecule has 0 bridgehead atoms. The molecule has 0 aromatic carbocycles. The third kappa shape index (κ3) is 8.49. The summed E-state index contributed by atoms with van der Waals surface area (Å²) in [5.41, 5.74) is -0.419. The van der Waals surface area contributed by atoms with Crippen LogP contribution in [0, 0.1) is 11.8 Å². The number of aliphatic hydroxyl groups excluding tert-OH is 1. The average molecular weight is 231 g/mol. The van der Waals surface area contributed by atoms with Gasteiger partial charge in [0.15, 0.2) is 0 Å². The first-order valence-corrected chi connectivity index (χ1v) is 3.31. The summed E-state index contributed by atoms with van der Waals surface area (Å²) in [4.78, 5) is 0. The predicted molar refractivity (Wildman–Crippen MR) is 40.6 cm³/mol. The molecule has 2 nitrogen and oxygen atoms in total. The Kier molecular flexibility index (Phi) is 9.30. The molecule has 0 fully saturated rings. The van der Waals surface area contributed by atoms with E-state index in [4.69, 9.17) is 9.84 Å². The maximum atomic E-state index is 8.42. The van der Waals surface area contributed by atoms with Crippen molar-refractivity contribution in [1.82, 2.24) is 0 Å². The van der Waals surface area contributed by atoms with Gasteiger partial charge in [-0.05, 0) is 20.8 Å². The summed E-state index contributed by atoms with van der Waals surface area (Å²) >= 11 is 0. The Bertz CT molecular complexity index is 144. The van der Waals surface area contributed by atoms with E-state index >= 15 is 0 Å². The topological polar surface area (TPSA) is 29.5 Å². The Morgan fingerprint density at radius 2 is 2.00 bits per heavy atom. The number of rotatable bonds is 3. The second-order valence-corrected chi connectivity index (χ2v) is 2.46. The van der Waals surface area contributed by atoms with Crippen molar-refractivity contribution < 1.29 is 42.6 Å². The molecule has 1 N–H and O–H groups in total. The maximum Gasteiger partial charge on any atom is 0.123 e. The molecular formula is C8H14O2Y. The molecule has 0 spiro atoms. The monoisotopic (exact) mass is 231 g/mol. The molecular weight excluding hydrogens is 217 g/mol. The molecule has 0 aliphatic rings. The molecule has 0 aromatic rings. The third-order valence-corrected chi connectivity index (χ3v) is 0.980. The molecule has 0 aliphatic heterocycles. The van der Waals surface area contributed by atoms with Crippen molar-refractivity contribution in [3.63, 3.8) is 0 Å².